The van der Waals surface area contributed by atoms with Crippen molar-refractivity contribution in [2.45, 2.75) is 36.8 Å². The van der Waals surface area contributed by atoms with E-state index in [-0.39, 0.29) is 6.42 Å². The predicted octanol–water partition coefficient (Wildman–Crippen LogP) is 2.03. The third-order valence-electron chi connectivity index (χ3n) is 4.70. The number of aliphatic hydroxyl groups is 1. The summed E-state index contributed by atoms with van der Waals surface area (Å²) in [6, 6.07) is 9.68. The molecule has 0 aliphatic heterocycles. The Morgan fingerprint density at radius 1 is 1.36 bits per heavy atom. The van der Waals surface area contributed by atoms with Crippen molar-refractivity contribution in [2.24, 2.45) is 5.73 Å². The Bertz CT molecular complexity index is 758. The van der Waals surface area contributed by atoms with Gasteiger partial charge in [0.2, 0.25) is 0 Å². The molecule has 1 heterocycles. The number of ether oxygens (including phenoxy) is 1. The van der Waals surface area contributed by atoms with Crippen molar-refractivity contribution in [3.05, 3.63) is 59.4 Å². The van der Waals surface area contributed by atoms with Crippen LogP contribution in [-0.4, -0.2) is 33.9 Å². The number of rotatable bonds is 7. The number of nitrogens with two attached hydrogens (primary N) is 1. The molecule has 0 bridgehead atoms. The minimum Gasteiger partial charge on any atom is -0.497 e. The van der Waals surface area contributed by atoms with E-state index >= 15 is 0 Å². The zero-order valence-corrected chi connectivity index (χ0v) is 14.1. The van der Waals surface area contributed by atoms with Crippen LogP contribution in [0, 0.1) is 0 Å². The minimum atomic E-state index is -2.17. The molecule has 0 spiro atoms. The Morgan fingerprint density at radius 3 is 2.60 bits per heavy atom. The number of methoxy groups -OCH3 is 1. The maximum Gasteiger partial charge on any atom is 0.338 e. The zero-order chi connectivity index (χ0) is 18.0. The molecule has 0 radical (unpaired) electrons. The standard InChI is InChI=1S/C19H22N2O4/c1-25-16-8-9-21-15(10-16)11-19(24,18(22)23)17(20)14-6-4-13(5-7-14)12-2-3-12/h4-10,12,17,24H,2-3,11,20H2,1H3,(H,22,23)/t17-,19+/m0/s1. The van der Waals surface area contributed by atoms with Crippen molar-refractivity contribution in [2.75, 3.05) is 7.11 Å². The molecule has 1 fully saturated rings. The number of nitrogens with zero attached hydrogens (tertiary/aromatic N) is 1. The number of pyridine rings is 1. The summed E-state index contributed by atoms with van der Waals surface area (Å²) in [7, 11) is 1.51. The lowest BCUT2D eigenvalue weighted by Crippen LogP contribution is -2.50. The lowest BCUT2D eigenvalue weighted by atomic mass is 9.84. The van der Waals surface area contributed by atoms with Crippen molar-refractivity contribution in [1.82, 2.24) is 4.98 Å². The van der Waals surface area contributed by atoms with Gasteiger partial charge in [-0.05, 0) is 36.0 Å². The molecule has 6 nitrogen and oxygen atoms in total. The highest BCUT2D eigenvalue weighted by Crippen LogP contribution is 2.40. The molecule has 0 saturated heterocycles. The van der Waals surface area contributed by atoms with Gasteiger partial charge >= 0.3 is 5.97 Å². The van der Waals surface area contributed by atoms with E-state index in [4.69, 9.17) is 10.5 Å². The van der Waals surface area contributed by atoms with Crippen molar-refractivity contribution < 1.29 is 19.7 Å². The molecule has 1 aliphatic carbocycles. The first-order valence-corrected chi connectivity index (χ1v) is 8.24. The van der Waals surface area contributed by atoms with Crippen LogP contribution in [0.1, 0.15) is 41.6 Å². The van der Waals surface area contributed by atoms with Gasteiger partial charge in [-0.2, -0.15) is 0 Å². The molecule has 1 aromatic carbocycles. The lowest BCUT2D eigenvalue weighted by molar-refractivity contribution is -0.161. The number of carbonyl (C=O) groups is 1. The van der Waals surface area contributed by atoms with Gasteiger partial charge < -0.3 is 20.7 Å². The number of carboxylic acids is 1. The smallest absolute Gasteiger partial charge is 0.338 e. The number of carboxylic acid groups (broad SMARTS) is 1. The first-order valence-electron chi connectivity index (χ1n) is 8.24. The molecule has 1 aromatic heterocycles. The molecule has 4 N–H and O–H groups in total. The summed E-state index contributed by atoms with van der Waals surface area (Å²) in [5.41, 5.74) is 6.18. The van der Waals surface area contributed by atoms with E-state index in [0.717, 1.165) is 0 Å². The number of hydrogen-bond acceptors (Lipinski definition) is 5. The summed E-state index contributed by atoms with van der Waals surface area (Å²) >= 11 is 0. The molecular formula is C19H22N2O4. The van der Waals surface area contributed by atoms with E-state index < -0.39 is 17.6 Å². The molecule has 1 aliphatic rings. The van der Waals surface area contributed by atoms with Crippen LogP contribution < -0.4 is 10.5 Å². The average molecular weight is 342 g/mol. The fraction of sp³-hybridized carbons (Fsp3) is 0.368. The van der Waals surface area contributed by atoms with Gasteiger partial charge in [0, 0.05) is 24.4 Å². The summed E-state index contributed by atoms with van der Waals surface area (Å²) < 4.78 is 5.12. The molecule has 0 amide bonds. The van der Waals surface area contributed by atoms with Crippen LogP contribution >= 0.6 is 0 Å². The van der Waals surface area contributed by atoms with Gasteiger partial charge in [-0.15, -0.1) is 0 Å². The summed E-state index contributed by atoms with van der Waals surface area (Å²) in [6.07, 6.45) is 3.66. The zero-order valence-electron chi connectivity index (χ0n) is 14.1. The lowest BCUT2D eigenvalue weighted by Gasteiger charge is -2.30. The van der Waals surface area contributed by atoms with Crippen molar-refractivity contribution in [3.63, 3.8) is 0 Å². The second-order valence-corrected chi connectivity index (χ2v) is 6.51. The van der Waals surface area contributed by atoms with Crippen LogP contribution in [0.2, 0.25) is 0 Å². The van der Waals surface area contributed by atoms with Crippen LogP contribution in [-0.2, 0) is 11.2 Å². The monoisotopic (exact) mass is 342 g/mol. The molecule has 2 aromatic rings. The second kappa shape index (κ2) is 6.82. The third-order valence-corrected chi connectivity index (χ3v) is 4.70. The maximum atomic E-state index is 11.8. The topological polar surface area (TPSA) is 106 Å². The first-order chi connectivity index (χ1) is 11.9. The molecular weight excluding hydrogens is 320 g/mol. The Kier molecular flexibility index (Phi) is 4.74. The highest BCUT2D eigenvalue weighted by molar-refractivity contribution is 5.79. The van der Waals surface area contributed by atoms with Gasteiger partial charge in [0.25, 0.3) is 0 Å². The summed E-state index contributed by atoms with van der Waals surface area (Å²) in [5.74, 6) is -0.236. The summed E-state index contributed by atoms with van der Waals surface area (Å²) in [4.78, 5) is 15.9. The quantitative estimate of drug-likeness (QED) is 0.711. The highest BCUT2D eigenvalue weighted by atomic mass is 16.5. The Labute approximate surface area is 146 Å². The number of hydrogen-bond donors (Lipinski definition) is 3. The average Bonchev–Trinajstić information content (AvgIpc) is 3.46. The van der Waals surface area contributed by atoms with Crippen molar-refractivity contribution in [1.29, 1.82) is 0 Å². The number of aromatic nitrogens is 1. The summed E-state index contributed by atoms with van der Waals surface area (Å²) in [5, 5.41) is 20.4. The molecule has 2 atom stereocenters. The summed E-state index contributed by atoms with van der Waals surface area (Å²) in [6.45, 7) is 0. The van der Waals surface area contributed by atoms with E-state index in [1.54, 1.807) is 24.3 Å². The van der Waals surface area contributed by atoms with Crippen molar-refractivity contribution >= 4 is 5.97 Å². The predicted molar refractivity (Wildman–Crippen MR) is 92.4 cm³/mol. The third kappa shape index (κ3) is 3.65. The van der Waals surface area contributed by atoms with Crippen molar-refractivity contribution in [3.8, 4) is 5.75 Å². The Morgan fingerprint density at radius 2 is 2.04 bits per heavy atom. The molecule has 1 saturated carbocycles. The molecule has 3 rings (SSSR count). The molecule has 132 valence electrons. The molecule has 25 heavy (non-hydrogen) atoms. The maximum absolute atomic E-state index is 11.8. The first kappa shape index (κ1) is 17.4. The van der Waals surface area contributed by atoms with Crippen LogP contribution in [0.25, 0.3) is 0 Å². The van der Waals surface area contributed by atoms with E-state index in [1.807, 2.05) is 12.1 Å². The van der Waals surface area contributed by atoms with Crippen LogP contribution in [0.5, 0.6) is 5.75 Å². The SMILES string of the molecule is COc1ccnc(C[C@](O)(C(=O)O)[C@@H](N)c2ccc(C3CC3)cc2)c1. The van der Waals surface area contributed by atoms with Gasteiger partial charge in [0.05, 0.1) is 13.2 Å². The fourth-order valence-electron chi connectivity index (χ4n) is 2.94. The van der Waals surface area contributed by atoms with E-state index in [9.17, 15) is 15.0 Å². The van der Waals surface area contributed by atoms with Gasteiger partial charge in [-0.3, -0.25) is 4.98 Å². The van der Waals surface area contributed by atoms with E-state index in [0.29, 0.717) is 22.9 Å². The van der Waals surface area contributed by atoms with Crippen LogP contribution in [0.15, 0.2) is 42.6 Å². The molecule has 6 heteroatoms. The largest absolute Gasteiger partial charge is 0.497 e. The minimum absolute atomic E-state index is 0.217. The fourth-order valence-corrected chi connectivity index (χ4v) is 2.94. The van der Waals surface area contributed by atoms with E-state index in [1.165, 1.54) is 31.7 Å². The number of aliphatic carboxylic acids is 1. The second-order valence-electron chi connectivity index (χ2n) is 6.51. The normalized spacial score (nSPS) is 17.6. The van der Waals surface area contributed by atoms with Gasteiger partial charge in [0.15, 0.2) is 5.60 Å². The number of benzene rings is 1. The Hall–Kier alpha value is -2.44. The van der Waals surface area contributed by atoms with Gasteiger partial charge in [0.1, 0.15) is 5.75 Å². The highest BCUT2D eigenvalue weighted by Gasteiger charge is 2.44. The van der Waals surface area contributed by atoms with Gasteiger partial charge in [-0.1, -0.05) is 24.3 Å². The Balaban J connectivity index is 1.85. The van der Waals surface area contributed by atoms with Gasteiger partial charge in [-0.25, -0.2) is 4.79 Å². The van der Waals surface area contributed by atoms with Crippen LogP contribution in [0.3, 0.4) is 0 Å². The van der Waals surface area contributed by atoms with Crippen LogP contribution in [0.4, 0.5) is 0 Å². The van der Waals surface area contributed by atoms with E-state index in [2.05, 4.69) is 4.98 Å². The molecule has 0 unspecified atom stereocenters.